The van der Waals surface area contributed by atoms with Crippen molar-refractivity contribution in [2.75, 3.05) is 13.7 Å². The van der Waals surface area contributed by atoms with E-state index < -0.39 is 30.1 Å². The first-order valence-corrected chi connectivity index (χ1v) is 11.5. The Morgan fingerprint density at radius 1 is 1.11 bits per heavy atom. The molecule has 0 bridgehead atoms. The predicted molar refractivity (Wildman–Crippen MR) is 129 cm³/mol. The smallest absolute Gasteiger partial charge is 0.407 e. The van der Waals surface area contributed by atoms with Crippen LogP contribution in [0.2, 0.25) is 0 Å². The van der Waals surface area contributed by atoms with E-state index in [0.717, 1.165) is 27.2 Å². The van der Waals surface area contributed by atoms with Gasteiger partial charge in [0, 0.05) is 31.3 Å². The first kappa shape index (κ1) is 24.0. The fraction of sp³-hybridized carbons (Fsp3) is 0.308. The molecule has 2 atom stereocenters. The lowest BCUT2D eigenvalue weighted by Crippen LogP contribution is -2.53. The van der Waals surface area contributed by atoms with Crippen LogP contribution < -0.4 is 5.32 Å². The van der Waals surface area contributed by atoms with Gasteiger partial charge in [-0.2, -0.15) is 0 Å². The minimum Gasteiger partial charge on any atom is -0.480 e. The molecule has 0 fully saturated rings. The lowest BCUT2D eigenvalue weighted by atomic mass is 9.98. The highest BCUT2D eigenvalue weighted by atomic mass is 16.5. The summed E-state index contributed by atoms with van der Waals surface area (Å²) in [4.78, 5) is 45.5. The second-order valence-corrected chi connectivity index (χ2v) is 8.51. The van der Waals surface area contributed by atoms with Crippen molar-refractivity contribution in [3.05, 3.63) is 77.9 Å². The van der Waals surface area contributed by atoms with Crippen LogP contribution in [-0.2, 0) is 20.7 Å². The molecule has 35 heavy (non-hydrogen) atoms. The number of ether oxygens (including phenoxy) is 1. The van der Waals surface area contributed by atoms with Gasteiger partial charge in [0.2, 0.25) is 5.91 Å². The number of fused-ring (bicyclic) bond motifs is 3. The summed E-state index contributed by atoms with van der Waals surface area (Å²) in [5.74, 6) is -1.75. The van der Waals surface area contributed by atoms with Crippen LogP contribution in [0.1, 0.15) is 36.1 Å². The average molecular weight is 477 g/mol. The fourth-order valence-corrected chi connectivity index (χ4v) is 4.61. The SMILES string of the molecule is CCC(C(=O)O)N(C)C(=O)[C@H](Cc1cnc[nH]1)NC(=O)OCC1c2ccccc2-c2ccccc21. The Hall–Kier alpha value is -4.14. The van der Waals surface area contributed by atoms with Gasteiger partial charge in [-0.25, -0.2) is 14.6 Å². The average Bonchev–Trinajstić information content (AvgIpc) is 3.48. The molecule has 182 valence electrons. The van der Waals surface area contributed by atoms with Gasteiger partial charge in [-0.15, -0.1) is 0 Å². The molecule has 9 heteroatoms. The Morgan fingerprint density at radius 3 is 2.29 bits per heavy atom. The Labute approximate surface area is 203 Å². The largest absolute Gasteiger partial charge is 0.480 e. The maximum Gasteiger partial charge on any atom is 0.407 e. The molecule has 1 aliphatic carbocycles. The molecule has 2 amide bonds. The number of amides is 2. The van der Waals surface area contributed by atoms with Crippen LogP contribution in [0.5, 0.6) is 0 Å². The van der Waals surface area contributed by atoms with E-state index >= 15 is 0 Å². The molecular weight excluding hydrogens is 448 g/mol. The first-order valence-electron chi connectivity index (χ1n) is 11.5. The summed E-state index contributed by atoms with van der Waals surface area (Å²) in [6.07, 6.45) is 2.62. The summed E-state index contributed by atoms with van der Waals surface area (Å²) in [6.45, 7) is 1.79. The number of imidazole rings is 1. The van der Waals surface area contributed by atoms with Gasteiger partial charge in [-0.3, -0.25) is 4.79 Å². The highest BCUT2D eigenvalue weighted by Crippen LogP contribution is 2.44. The van der Waals surface area contributed by atoms with Crippen molar-refractivity contribution in [3.63, 3.8) is 0 Å². The number of rotatable bonds is 9. The topological polar surface area (TPSA) is 125 Å². The number of carboxylic acid groups (broad SMARTS) is 1. The van der Waals surface area contributed by atoms with Gasteiger partial charge in [0.1, 0.15) is 18.7 Å². The number of carboxylic acids is 1. The van der Waals surface area contributed by atoms with Gasteiger partial charge in [0.15, 0.2) is 0 Å². The molecule has 0 saturated heterocycles. The molecule has 0 spiro atoms. The Kier molecular flexibility index (Phi) is 7.14. The van der Waals surface area contributed by atoms with E-state index in [4.69, 9.17) is 4.74 Å². The van der Waals surface area contributed by atoms with E-state index in [1.54, 1.807) is 13.1 Å². The van der Waals surface area contributed by atoms with Crippen LogP contribution >= 0.6 is 0 Å². The molecule has 0 aliphatic heterocycles. The number of aliphatic carboxylic acids is 1. The number of aromatic nitrogens is 2. The number of carbonyl (C=O) groups is 3. The molecule has 2 aromatic carbocycles. The summed E-state index contributed by atoms with van der Waals surface area (Å²) in [5, 5.41) is 12.1. The second-order valence-electron chi connectivity index (χ2n) is 8.51. The molecule has 1 heterocycles. The van der Waals surface area contributed by atoms with Crippen molar-refractivity contribution in [1.82, 2.24) is 20.2 Å². The third-order valence-corrected chi connectivity index (χ3v) is 6.40. The van der Waals surface area contributed by atoms with E-state index in [0.29, 0.717) is 5.69 Å². The molecular formula is C26H28N4O5. The molecule has 3 aromatic rings. The zero-order valence-electron chi connectivity index (χ0n) is 19.6. The fourth-order valence-electron chi connectivity index (χ4n) is 4.61. The number of likely N-dealkylation sites (N-methyl/N-ethyl adjacent to an activating group) is 1. The molecule has 0 radical (unpaired) electrons. The normalized spacial score (nSPS) is 13.9. The van der Waals surface area contributed by atoms with E-state index in [9.17, 15) is 19.5 Å². The van der Waals surface area contributed by atoms with Crippen molar-refractivity contribution in [3.8, 4) is 11.1 Å². The number of benzene rings is 2. The van der Waals surface area contributed by atoms with E-state index in [2.05, 4.69) is 27.4 Å². The van der Waals surface area contributed by atoms with Crippen LogP contribution in [0, 0.1) is 0 Å². The highest BCUT2D eigenvalue weighted by Gasteiger charge is 2.33. The summed E-state index contributed by atoms with van der Waals surface area (Å²) < 4.78 is 5.59. The molecule has 0 saturated carbocycles. The summed E-state index contributed by atoms with van der Waals surface area (Å²) >= 11 is 0. The third-order valence-electron chi connectivity index (χ3n) is 6.40. The van der Waals surface area contributed by atoms with E-state index in [1.807, 2.05) is 36.4 Å². The number of alkyl carbamates (subject to hydrolysis) is 1. The highest BCUT2D eigenvalue weighted by molar-refractivity contribution is 5.89. The van der Waals surface area contributed by atoms with Crippen molar-refractivity contribution < 1.29 is 24.2 Å². The van der Waals surface area contributed by atoms with Crippen molar-refractivity contribution in [1.29, 1.82) is 0 Å². The van der Waals surface area contributed by atoms with Crippen molar-refractivity contribution >= 4 is 18.0 Å². The molecule has 1 aliphatic rings. The Bertz CT molecular complexity index is 1160. The maximum absolute atomic E-state index is 13.2. The minimum absolute atomic E-state index is 0.105. The van der Waals surface area contributed by atoms with Gasteiger partial charge in [-0.05, 0) is 28.7 Å². The van der Waals surface area contributed by atoms with Gasteiger partial charge in [0.05, 0.1) is 6.33 Å². The predicted octanol–water partition coefficient (Wildman–Crippen LogP) is 3.18. The molecule has 9 nitrogen and oxygen atoms in total. The van der Waals surface area contributed by atoms with Gasteiger partial charge in [-0.1, -0.05) is 55.5 Å². The molecule has 3 N–H and O–H groups in total. The quantitative estimate of drug-likeness (QED) is 0.436. The van der Waals surface area contributed by atoms with Crippen molar-refractivity contribution in [2.45, 2.75) is 37.8 Å². The maximum atomic E-state index is 13.2. The summed E-state index contributed by atoms with van der Waals surface area (Å²) in [7, 11) is 1.42. The Balaban J connectivity index is 1.47. The summed E-state index contributed by atoms with van der Waals surface area (Å²) in [5.41, 5.74) is 5.02. The number of H-pyrrole nitrogens is 1. The van der Waals surface area contributed by atoms with Crippen LogP contribution in [0.15, 0.2) is 61.1 Å². The first-order chi connectivity index (χ1) is 16.9. The van der Waals surface area contributed by atoms with Crippen LogP contribution in [-0.4, -0.2) is 63.7 Å². The summed E-state index contributed by atoms with van der Waals surface area (Å²) in [6, 6.07) is 14.0. The van der Waals surface area contributed by atoms with Gasteiger partial charge in [0.25, 0.3) is 0 Å². The molecule has 1 unspecified atom stereocenters. The lowest BCUT2D eigenvalue weighted by Gasteiger charge is -2.28. The van der Waals surface area contributed by atoms with E-state index in [1.165, 1.54) is 13.4 Å². The van der Waals surface area contributed by atoms with Crippen LogP contribution in [0.4, 0.5) is 4.79 Å². The van der Waals surface area contributed by atoms with Crippen LogP contribution in [0.25, 0.3) is 11.1 Å². The lowest BCUT2D eigenvalue weighted by molar-refractivity contribution is -0.149. The van der Waals surface area contributed by atoms with Gasteiger partial charge >= 0.3 is 12.1 Å². The van der Waals surface area contributed by atoms with E-state index in [-0.39, 0.29) is 25.4 Å². The van der Waals surface area contributed by atoms with Gasteiger partial charge < -0.3 is 25.0 Å². The zero-order chi connectivity index (χ0) is 24.9. The van der Waals surface area contributed by atoms with Crippen LogP contribution in [0.3, 0.4) is 0 Å². The third kappa shape index (κ3) is 5.03. The number of carbonyl (C=O) groups excluding carboxylic acids is 2. The molecule has 1 aromatic heterocycles. The van der Waals surface area contributed by atoms with Crippen molar-refractivity contribution in [2.24, 2.45) is 0 Å². The monoisotopic (exact) mass is 476 g/mol. The Morgan fingerprint density at radius 2 is 1.74 bits per heavy atom. The second kappa shape index (κ2) is 10.4. The standard InChI is InChI=1S/C26H28N4O5/c1-3-23(25(32)33)30(2)24(31)22(12-16-13-27-15-28-16)29-26(34)35-14-21-19-10-6-4-8-17(19)18-9-5-7-11-20(18)21/h4-11,13,15,21-23H,3,12,14H2,1-2H3,(H,27,28)(H,29,34)(H,32,33)/t22-,23?/m0/s1. The number of nitrogens with zero attached hydrogens (tertiary/aromatic N) is 2. The number of hydrogen-bond acceptors (Lipinski definition) is 5. The zero-order valence-corrected chi connectivity index (χ0v) is 19.6. The minimum atomic E-state index is -1.11. The number of hydrogen-bond donors (Lipinski definition) is 3. The molecule has 4 rings (SSSR count). The number of nitrogens with one attached hydrogen (secondary N) is 2. The number of aromatic amines is 1.